The number of rotatable bonds is 6. The van der Waals surface area contributed by atoms with E-state index in [4.69, 9.17) is 0 Å². The molecule has 8 nitrogen and oxygen atoms in total. The molecule has 208 valence electrons. The van der Waals surface area contributed by atoms with Crippen molar-refractivity contribution < 1.29 is 38.4 Å². The number of carbonyl (C=O) groups is 1. The Bertz CT molecular complexity index is 1810. The Kier molecular flexibility index (Phi) is 6.75. The summed E-state index contributed by atoms with van der Waals surface area (Å²) < 4.78 is 39.5. The second kappa shape index (κ2) is 10.1. The zero-order valence-corrected chi connectivity index (χ0v) is 21.3. The van der Waals surface area contributed by atoms with Gasteiger partial charge in [-0.2, -0.15) is 13.2 Å². The number of benzene rings is 4. The predicted octanol–water partition coefficient (Wildman–Crippen LogP) is 7.80. The van der Waals surface area contributed by atoms with Gasteiger partial charge in [-0.15, -0.1) is 10.2 Å². The molecule has 41 heavy (non-hydrogen) atoms. The van der Waals surface area contributed by atoms with Crippen LogP contribution in [0.3, 0.4) is 0 Å². The summed E-state index contributed by atoms with van der Waals surface area (Å²) in [5.41, 5.74) is -0.533. The normalized spacial score (nSPS) is 13.5. The Hall–Kier alpha value is -5.16. The molecule has 1 heterocycles. The number of hydrogen-bond donors (Lipinski definition) is 5. The molecule has 0 aliphatic heterocycles. The molecule has 5 N–H and O–H groups in total. The number of aromatic carboxylic acids is 1. The zero-order chi connectivity index (χ0) is 29.5. The van der Waals surface area contributed by atoms with Crippen LogP contribution in [0.25, 0.3) is 33.2 Å². The van der Waals surface area contributed by atoms with Crippen LogP contribution in [0, 0.1) is 0 Å². The van der Waals surface area contributed by atoms with Crippen LogP contribution < -0.4 is 0 Å². The minimum atomic E-state index is -4.83. The van der Waals surface area contributed by atoms with Gasteiger partial charge in [0.1, 0.15) is 5.69 Å². The van der Waals surface area contributed by atoms with E-state index in [-0.39, 0.29) is 34.1 Å². The smallest absolute Gasteiger partial charge is 0.421 e. The van der Waals surface area contributed by atoms with E-state index in [2.05, 4.69) is 15.2 Å². The molecular weight excluding hydrogens is 539 g/mol. The van der Waals surface area contributed by atoms with E-state index in [1.54, 1.807) is 42.5 Å². The summed E-state index contributed by atoms with van der Waals surface area (Å²) in [5.74, 6) is -1.62. The Morgan fingerprint density at radius 1 is 0.829 bits per heavy atom. The van der Waals surface area contributed by atoms with Gasteiger partial charge in [-0.25, -0.2) is 4.79 Å². The lowest BCUT2D eigenvalue weighted by Crippen LogP contribution is -2.39. The largest absolute Gasteiger partial charge is 0.505 e. The van der Waals surface area contributed by atoms with E-state index < -0.39 is 17.7 Å². The topological polar surface area (TPSA) is 138 Å². The van der Waals surface area contributed by atoms with Crippen molar-refractivity contribution in [2.75, 3.05) is 0 Å². The molecule has 0 fully saturated rings. The number of phenolic OH excluding ortho intramolecular Hbond substituents is 1. The number of carboxylic acids is 1. The third kappa shape index (κ3) is 5.10. The number of aliphatic hydroxyl groups is 1. The Balaban J connectivity index is 1.44. The van der Waals surface area contributed by atoms with Crippen LogP contribution in [0.2, 0.25) is 0 Å². The Morgan fingerprint density at radius 2 is 1.51 bits per heavy atom. The van der Waals surface area contributed by atoms with Crippen LogP contribution >= 0.6 is 0 Å². The van der Waals surface area contributed by atoms with E-state index in [0.29, 0.717) is 40.1 Å². The molecule has 1 unspecified atom stereocenters. The molecule has 0 saturated heterocycles. The van der Waals surface area contributed by atoms with E-state index in [1.165, 1.54) is 42.5 Å². The number of nitrogens with zero attached hydrogens (tertiary/aromatic N) is 2. The van der Waals surface area contributed by atoms with Crippen molar-refractivity contribution in [3.05, 3.63) is 96.1 Å². The number of azo groups is 1. The highest BCUT2D eigenvalue weighted by Crippen LogP contribution is 2.42. The van der Waals surface area contributed by atoms with Crippen LogP contribution in [0.5, 0.6) is 11.6 Å². The molecular formula is C30H22F3N3O5. The second-order valence-electron chi connectivity index (χ2n) is 9.49. The Morgan fingerprint density at radius 3 is 2.20 bits per heavy atom. The summed E-state index contributed by atoms with van der Waals surface area (Å²) in [7, 11) is 0. The lowest BCUT2D eigenvalue weighted by Gasteiger charge is -2.26. The first-order valence-corrected chi connectivity index (χ1v) is 12.2. The van der Waals surface area contributed by atoms with Crippen LogP contribution in [0.1, 0.15) is 22.8 Å². The van der Waals surface area contributed by atoms with Gasteiger partial charge in [0.2, 0.25) is 5.88 Å². The number of para-hydroxylation sites is 1. The minimum Gasteiger partial charge on any atom is -0.505 e. The monoisotopic (exact) mass is 561 g/mol. The van der Waals surface area contributed by atoms with E-state index in [0.717, 1.165) is 0 Å². The van der Waals surface area contributed by atoms with Crippen molar-refractivity contribution in [3.8, 4) is 33.9 Å². The van der Waals surface area contributed by atoms with Crippen LogP contribution in [0.15, 0.2) is 95.2 Å². The number of halogens is 3. The number of aromatic amines is 1. The summed E-state index contributed by atoms with van der Waals surface area (Å²) in [6.07, 6.45) is -4.83. The lowest BCUT2D eigenvalue weighted by molar-refractivity contribution is -0.258. The van der Waals surface area contributed by atoms with Crippen LogP contribution in [-0.2, 0) is 5.60 Å². The van der Waals surface area contributed by atoms with Crippen molar-refractivity contribution in [2.45, 2.75) is 18.7 Å². The standard InChI is InChI=1S/C30H22F3N3O5/c1-29(41,30(31,32)33)20-11-8-16(9-12-20)17-10-13-22-24(15-17)34-27(38)25(22)36-35-23-7-3-6-21(26(23)37)18-4-2-5-19(14-18)28(39)40/h2-15,34,37-38,41H,1H3,(H,39,40). The number of nitrogens with one attached hydrogen (secondary N) is 1. The molecule has 0 amide bonds. The fraction of sp³-hybridized carbons (Fsp3) is 0.100. The van der Waals surface area contributed by atoms with E-state index in [1.807, 2.05) is 0 Å². The molecule has 0 radical (unpaired) electrons. The molecule has 0 bridgehead atoms. The van der Waals surface area contributed by atoms with Gasteiger partial charge in [0, 0.05) is 10.9 Å². The van der Waals surface area contributed by atoms with Gasteiger partial charge in [-0.1, -0.05) is 54.6 Å². The summed E-state index contributed by atoms with van der Waals surface area (Å²) in [6.45, 7) is 0.693. The molecule has 0 saturated carbocycles. The van der Waals surface area contributed by atoms with E-state index >= 15 is 0 Å². The molecule has 5 aromatic rings. The molecule has 1 atom stereocenters. The maximum Gasteiger partial charge on any atom is 0.421 e. The van der Waals surface area contributed by atoms with Crippen molar-refractivity contribution in [3.63, 3.8) is 0 Å². The van der Waals surface area contributed by atoms with Crippen LogP contribution in [0.4, 0.5) is 24.5 Å². The first kappa shape index (κ1) is 27.4. The molecule has 0 aliphatic rings. The van der Waals surface area contributed by atoms with Gasteiger partial charge in [-0.05, 0) is 59.5 Å². The maximum atomic E-state index is 13.2. The average Bonchev–Trinajstić information content (AvgIpc) is 3.26. The fourth-order valence-corrected chi connectivity index (χ4v) is 4.37. The maximum absolute atomic E-state index is 13.2. The molecule has 0 spiro atoms. The summed E-state index contributed by atoms with van der Waals surface area (Å²) >= 11 is 0. The van der Waals surface area contributed by atoms with Gasteiger partial charge >= 0.3 is 12.1 Å². The van der Waals surface area contributed by atoms with Gasteiger partial charge in [0.05, 0.1) is 11.1 Å². The molecule has 11 heteroatoms. The highest BCUT2D eigenvalue weighted by Gasteiger charge is 2.51. The lowest BCUT2D eigenvalue weighted by atomic mass is 9.93. The summed E-state index contributed by atoms with van der Waals surface area (Å²) in [6, 6.07) is 21.2. The molecule has 0 aliphatic carbocycles. The van der Waals surface area contributed by atoms with Crippen molar-refractivity contribution in [1.82, 2.24) is 4.98 Å². The SMILES string of the molecule is CC(O)(c1ccc(-c2ccc3c(N=Nc4cccc(-c5cccc(C(=O)O)c5)c4O)c(O)[nH]c3c2)cc1)C(F)(F)F. The number of aromatic nitrogens is 1. The molecule has 1 aromatic heterocycles. The first-order valence-electron chi connectivity index (χ1n) is 12.2. The minimum absolute atomic E-state index is 0.0566. The molecule has 4 aromatic carbocycles. The zero-order valence-electron chi connectivity index (χ0n) is 21.3. The summed E-state index contributed by atoms with van der Waals surface area (Å²) in [4.78, 5) is 14.1. The third-order valence-corrected chi connectivity index (χ3v) is 6.78. The number of H-pyrrole nitrogens is 1. The summed E-state index contributed by atoms with van der Waals surface area (Å²) in [5, 5.41) is 49.2. The highest BCUT2D eigenvalue weighted by atomic mass is 19.4. The number of hydrogen-bond acceptors (Lipinski definition) is 6. The Labute approximate surface area is 230 Å². The average molecular weight is 562 g/mol. The highest BCUT2D eigenvalue weighted by molar-refractivity contribution is 5.96. The number of carboxylic acid groups (broad SMARTS) is 1. The fourth-order valence-electron chi connectivity index (χ4n) is 4.37. The van der Waals surface area contributed by atoms with Gasteiger partial charge in [-0.3, -0.25) is 0 Å². The van der Waals surface area contributed by atoms with E-state index in [9.17, 15) is 38.4 Å². The number of fused-ring (bicyclic) bond motifs is 1. The first-order chi connectivity index (χ1) is 19.4. The second-order valence-corrected chi connectivity index (χ2v) is 9.49. The van der Waals surface area contributed by atoms with Crippen LogP contribution in [-0.4, -0.2) is 37.6 Å². The van der Waals surface area contributed by atoms with Crippen molar-refractivity contribution >= 4 is 28.2 Å². The quantitative estimate of drug-likeness (QED) is 0.135. The predicted molar refractivity (Wildman–Crippen MR) is 146 cm³/mol. The van der Waals surface area contributed by atoms with Gasteiger partial charge in [0.25, 0.3) is 0 Å². The van der Waals surface area contributed by atoms with Crippen molar-refractivity contribution in [2.24, 2.45) is 10.2 Å². The third-order valence-electron chi connectivity index (χ3n) is 6.78. The number of alkyl halides is 3. The van der Waals surface area contributed by atoms with Gasteiger partial charge in [0.15, 0.2) is 17.0 Å². The number of phenols is 1. The number of aromatic hydroxyl groups is 2. The molecule has 5 rings (SSSR count). The van der Waals surface area contributed by atoms with Gasteiger partial charge < -0.3 is 25.4 Å². The van der Waals surface area contributed by atoms with Crippen molar-refractivity contribution in [1.29, 1.82) is 0 Å².